The van der Waals surface area contributed by atoms with E-state index in [1.54, 1.807) is 23.0 Å². The van der Waals surface area contributed by atoms with Crippen molar-refractivity contribution >= 4 is 23.1 Å². The van der Waals surface area contributed by atoms with E-state index in [4.69, 9.17) is 0 Å². The predicted molar refractivity (Wildman–Crippen MR) is 156 cm³/mol. The van der Waals surface area contributed by atoms with Gasteiger partial charge in [0.15, 0.2) is 0 Å². The van der Waals surface area contributed by atoms with E-state index in [0.717, 1.165) is 34.7 Å². The van der Waals surface area contributed by atoms with Crippen LogP contribution < -0.4 is 5.32 Å². The first-order valence-electron chi connectivity index (χ1n) is 13.0. The first-order chi connectivity index (χ1) is 17.2. The molecule has 206 valence electrons. The summed E-state index contributed by atoms with van der Waals surface area (Å²) in [6.45, 7) is 16.4. The summed E-state index contributed by atoms with van der Waals surface area (Å²) in [6, 6.07) is 3.99. The molecule has 0 saturated carbocycles. The maximum atomic E-state index is 13.0. The second-order valence-electron chi connectivity index (χ2n) is 8.43. The van der Waals surface area contributed by atoms with E-state index in [1.807, 2.05) is 52.1 Å². The molecule has 3 rings (SSSR count). The highest BCUT2D eigenvalue weighted by molar-refractivity contribution is 5.83. The van der Waals surface area contributed by atoms with Crippen LogP contribution in [0, 0.1) is 6.92 Å². The molecule has 0 aliphatic carbocycles. The number of anilines is 1. The zero-order valence-corrected chi connectivity index (χ0v) is 23.0. The maximum absolute atomic E-state index is 13.0. The molecule has 7 heteroatoms. The normalized spacial score (nSPS) is 11.0. The van der Waals surface area contributed by atoms with Gasteiger partial charge in [0.05, 0.1) is 24.0 Å². The molecule has 0 atom stereocenters. The Kier molecular flexibility index (Phi) is 15.9. The molecule has 1 N–H and O–H groups in total. The molecular formula is C30H47F2N5. The monoisotopic (exact) mass is 515 g/mol. The SMILES string of the molecule is C.C=Cc1cnn2ccc(/C(=C/C)c3cnc(NCC(C)(F)F)nc3C)cc12.CC.CCCCCCC. The highest BCUT2D eigenvalue weighted by Crippen LogP contribution is 2.27. The van der Waals surface area contributed by atoms with E-state index in [1.165, 1.54) is 32.1 Å². The fourth-order valence-corrected chi connectivity index (χ4v) is 3.53. The van der Waals surface area contributed by atoms with Crippen molar-refractivity contribution in [3.8, 4) is 0 Å². The first-order valence-corrected chi connectivity index (χ1v) is 13.0. The Morgan fingerprint density at radius 3 is 2.30 bits per heavy atom. The summed E-state index contributed by atoms with van der Waals surface area (Å²) < 4.78 is 27.8. The number of pyridine rings is 1. The Hall–Kier alpha value is -3.09. The fourth-order valence-electron chi connectivity index (χ4n) is 3.53. The third-order valence-electron chi connectivity index (χ3n) is 5.40. The van der Waals surface area contributed by atoms with Crippen LogP contribution in [0.3, 0.4) is 0 Å². The van der Waals surface area contributed by atoms with Crippen LogP contribution in [0.1, 0.15) is 103 Å². The number of hydrogen-bond acceptors (Lipinski definition) is 4. The van der Waals surface area contributed by atoms with Crippen LogP contribution in [0.15, 0.2) is 43.4 Å². The zero-order chi connectivity index (χ0) is 27.1. The third kappa shape index (κ3) is 10.8. The average Bonchev–Trinajstić information content (AvgIpc) is 3.28. The molecular weight excluding hydrogens is 468 g/mol. The van der Waals surface area contributed by atoms with Crippen LogP contribution in [0.4, 0.5) is 14.7 Å². The number of nitrogens with zero attached hydrogens (tertiary/aromatic N) is 4. The Morgan fingerprint density at radius 1 is 1.14 bits per heavy atom. The van der Waals surface area contributed by atoms with Crippen molar-refractivity contribution < 1.29 is 8.78 Å². The summed E-state index contributed by atoms with van der Waals surface area (Å²) in [6.07, 6.45) is 16.1. The van der Waals surface area contributed by atoms with Crippen molar-refractivity contribution in [2.24, 2.45) is 0 Å². The lowest BCUT2D eigenvalue weighted by atomic mass is 9.98. The van der Waals surface area contributed by atoms with Gasteiger partial charge in [0.1, 0.15) is 0 Å². The summed E-state index contributed by atoms with van der Waals surface area (Å²) >= 11 is 0. The Morgan fingerprint density at radius 2 is 1.78 bits per heavy atom. The Balaban J connectivity index is 0.00000113. The number of aromatic nitrogens is 4. The van der Waals surface area contributed by atoms with Crippen LogP contribution in [0.2, 0.25) is 0 Å². The van der Waals surface area contributed by atoms with Crippen LogP contribution in [-0.4, -0.2) is 32.0 Å². The Bertz CT molecular complexity index is 1090. The number of fused-ring (bicyclic) bond motifs is 1. The van der Waals surface area contributed by atoms with Crippen molar-refractivity contribution in [3.63, 3.8) is 0 Å². The number of rotatable bonds is 10. The molecule has 0 amide bonds. The van der Waals surface area contributed by atoms with Gasteiger partial charge in [0, 0.05) is 30.4 Å². The maximum Gasteiger partial charge on any atom is 0.262 e. The third-order valence-corrected chi connectivity index (χ3v) is 5.40. The molecule has 3 aromatic heterocycles. The minimum absolute atomic E-state index is 0. The van der Waals surface area contributed by atoms with Gasteiger partial charge in [-0.05, 0) is 37.1 Å². The first kappa shape index (κ1) is 33.9. The lowest BCUT2D eigenvalue weighted by molar-refractivity contribution is 0.0366. The van der Waals surface area contributed by atoms with Gasteiger partial charge in [-0.2, -0.15) is 5.10 Å². The second kappa shape index (κ2) is 17.4. The van der Waals surface area contributed by atoms with Gasteiger partial charge in [0.25, 0.3) is 5.92 Å². The number of alkyl halides is 2. The highest BCUT2D eigenvalue weighted by atomic mass is 19.3. The largest absolute Gasteiger partial charge is 0.348 e. The molecule has 0 radical (unpaired) electrons. The number of allylic oxidation sites excluding steroid dienone is 1. The van der Waals surface area contributed by atoms with Crippen molar-refractivity contribution in [2.75, 3.05) is 11.9 Å². The van der Waals surface area contributed by atoms with Gasteiger partial charge in [-0.25, -0.2) is 23.3 Å². The molecule has 0 fully saturated rings. The lowest BCUT2D eigenvalue weighted by Crippen LogP contribution is -2.24. The van der Waals surface area contributed by atoms with Gasteiger partial charge in [-0.15, -0.1) is 0 Å². The summed E-state index contributed by atoms with van der Waals surface area (Å²) in [5, 5.41) is 6.86. The van der Waals surface area contributed by atoms with Crippen molar-refractivity contribution in [3.05, 3.63) is 65.8 Å². The molecule has 3 heterocycles. The molecule has 0 bridgehead atoms. The van der Waals surface area contributed by atoms with Gasteiger partial charge < -0.3 is 5.32 Å². The molecule has 0 aromatic carbocycles. The molecule has 3 aromatic rings. The Labute approximate surface area is 223 Å². The van der Waals surface area contributed by atoms with E-state index in [0.29, 0.717) is 5.69 Å². The smallest absolute Gasteiger partial charge is 0.262 e. The molecule has 0 saturated heterocycles. The number of unbranched alkanes of at least 4 members (excludes halogenated alkanes) is 4. The topological polar surface area (TPSA) is 55.1 Å². The second-order valence-corrected chi connectivity index (χ2v) is 8.43. The minimum Gasteiger partial charge on any atom is -0.348 e. The van der Waals surface area contributed by atoms with Crippen LogP contribution in [0.5, 0.6) is 0 Å². The molecule has 0 spiro atoms. The fraction of sp³-hybridized carbons (Fsp3) is 0.500. The lowest BCUT2D eigenvalue weighted by Gasteiger charge is -2.14. The molecule has 5 nitrogen and oxygen atoms in total. The van der Waals surface area contributed by atoms with Crippen molar-refractivity contribution in [1.82, 2.24) is 19.6 Å². The average molecular weight is 516 g/mol. The summed E-state index contributed by atoms with van der Waals surface area (Å²) in [4.78, 5) is 8.52. The standard InChI is InChI=1S/C20H21F2N5.C7H16.C2H6.CH4/c1-5-14-10-25-27-8-7-15(9-18(14)27)16(6-2)17-11-23-19(26-13(17)3)24-12-20(4,21)22;1-3-5-7-6-4-2;1-2;/h5-11H,1,12H2,2-4H3,(H,23,24,26);3-7H2,1-2H3;1-2H3;1H4/b16-6-;;;. The summed E-state index contributed by atoms with van der Waals surface area (Å²) in [5.74, 6) is -2.64. The summed E-state index contributed by atoms with van der Waals surface area (Å²) in [7, 11) is 0. The van der Waals surface area contributed by atoms with Crippen molar-refractivity contribution in [2.45, 2.75) is 93.9 Å². The molecule has 0 aliphatic heterocycles. The highest BCUT2D eigenvalue weighted by Gasteiger charge is 2.21. The number of aryl methyl sites for hydroxylation is 1. The van der Waals surface area contributed by atoms with Gasteiger partial charge in [-0.3, -0.25) is 0 Å². The molecule has 0 unspecified atom stereocenters. The van der Waals surface area contributed by atoms with Crippen molar-refractivity contribution in [1.29, 1.82) is 0 Å². The van der Waals surface area contributed by atoms with Crippen LogP contribution >= 0.6 is 0 Å². The zero-order valence-electron chi connectivity index (χ0n) is 23.0. The van der Waals surface area contributed by atoms with E-state index in [9.17, 15) is 8.78 Å². The van der Waals surface area contributed by atoms with E-state index in [2.05, 4.69) is 40.8 Å². The summed E-state index contributed by atoms with van der Waals surface area (Å²) in [5.41, 5.74) is 5.39. The van der Waals surface area contributed by atoms with Gasteiger partial charge in [0.2, 0.25) is 5.95 Å². The van der Waals surface area contributed by atoms with E-state index >= 15 is 0 Å². The minimum atomic E-state index is -2.83. The van der Waals surface area contributed by atoms with Gasteiger partial charge >= 0.3 is 0 Å². The van der Waals surface area contributed by atoms with E-state index in [-0.39, 0.29) is 13.4 Å². The number of hydrogen-bond donors (Lipinski definition) is 1. The quantitative estimate of drug-likeness (QED) is 0.273. The van der Waals surface area contributed by atoms with E-state index < -0.39 is 12.5 Å². The number of halogens is 2. The number of nitrogens with one attached hydrogen (secondary N) is 1. The molecule has 0 aliphatic rings. The predicted octanol–water partition coefficient (Wildman–Crippen LogP) is 9.23. The van der Waals surface area contributed by atoms with Crippen LogP contribution in [-0.2, 0) is 0 Å². The van der Waals surface area contributed by atoms with Gasteiger partial charge in [-0.1, -0.05) is 86.0 Å². The molecule has 37 heavy (non-hydrogen) atoms. The van der Waals surface area contributed by atoms with Crippen LogP contribution in [0.25, 0.3) is 17.2 Å².